The number of ether oxygens (including phenoxy) is 1. The van der Waals surface area contributed by atoms with Gasteiger partial charge in [0, 0.05) is 0 Å². The largest absolute Gasteiger partial charge is 0.419 e. The lowest BCUT2D eigenvalue weighted by Crippen LogP contribution is -2.46. The first-order chi connectivity index (χ1) is 7.33. The summed E-state index contributed by atoms with van der Waals surface area (Å²) >= 11 is 0. The molecule has 16 heavy (non-hydrogen) atoms. The molecule has 1 aromatic rings. The first kappa shape index (κ1) is 11.3. The molecule has 0 spiro atoms. The van der Waals surface area contributed by atoms with Crippen LogP contribution < -0.4 is 0 Å². The standard InChI is InChI=1S/C10H8F4O2/c11-8-3-6(9(15)4-16-5-9)1-2-7(8)10(12,13)14/h1-3,15H,4-5H2. The number of benzene rings is 1. The predicted molar refractivity (Wildman–Crippen MR) is 46.1 cm³/mol. The molecule has 2 rings (SSSR count). The van der Waals surface area contributed by atoms with Gasteiger partial charge >= 0.3 is 6.18 Å². The molecule has 0 unspecified atom stereocenters. The van der Waals surface area contributed by atoms with E-state index in [1.54, 1.807) is 0 Å². The topological polar surface area (TPSA) is 29.5 Å². The third-order valence-corrected chi connectivity index (χ3v) is 2.49. The summed E-state index contributed by atoms with van der Waals surface area (Å²) in [5.74, 6) is -1.38. The molecule has 1 heterocycles. The molecule has 0 saturated carbocycles. The molecule has 1 N–H and O–H groups in total. The summed E-state index contributed by atoms with van der Waals surface area (Å²) in [5.41, 5.74) is -2.59. The predicted octanol–water partition coefficient (Wildman–Crippen LogP) is 2.06. The Morgan fingerprint density at radius 3 is 2.25 bits per heavy atom. The van der Waals surface area contributed by atoms with Crippen LogP contribution >= 0.6 is 0 Å². The zero-order valence-electron chi connectivity index (χ0n) is 8.01. The van der Waals surface area contributed by atoms with Crippen molar-refractivity contribution in [3.63, 3.8) is 0 Å². The molecule has 0 amide bonds. The highest BCUT2D eigenvalue weighted by Gasteiger charge is 2.40. The molecule has 1 aromatic carbocycles. The van der Waals surface area contributed by atoms with E-state index in [2.05, 4.69) is 0 Å². The van der Waals surface area contributed by atoms with Crippen LogP contribution in [0.1, 0.15) is 11.1 Å². The quantitative estimate of drug-likeness (QED) is 0.756. The normalized spacial score (nSPS) is 19.3. The SMILES string of the molecule is OC1(c2ccc(C(F)(F)F)c(F)c2)COC1. The Labute approximate surface area is 88.5 Å². The van der Waals surface area contributed by atoms with E-state index in [-0.39, 0.29) is 18.8 Å². The van der Waals surface area contributed by atoms with Gasteiger partial charge in [0.1, 0.15) is 11.4 Å². The van der Waals surface area contributed by atoms with Gasteiger partial charge in [0.25, 0.3) is 0 Å². The summed E-state index contributed by atoms with van der Waals surface area (Å²) in [6.45, 7) is -0.0599. The van der Waals surface area contributed by atoms with Crippen molar-refractivity contribution in [2.75, 3.05) is 13.2 Å². The Kier molecular flexibility index (Phi) is 2.43. The van der Waals surface area contributed by atoms with Crippen molar-refractivity contribution in [1.29, 1.82) is 0 Å². The highest BCUT2D eigenvalue weighted by atomic mass is 19.4. The molecule has 0 aliphatic carbocycles. The smallest absolute Gasteiger partial charge is 0.380 e. The van der Waals surface area contributed by atoms with Crippen molar-refractivity contribution in [1.82, 2.24) is 0 Å². The van der Waals surface area contributed by atoms with Crippen molar-refractivity contribution in [2.45, 2.75) is 11.8 Å². The summed E-state index contributed by atoms with van der Waals surface area (Å²) in [7, 11) is 0. The van der Waals surface area contributed by atoms with Gasteiger partial charge in [-0.15, -0.1) is 0 Å². The van der Waals surface area contributed by atoms with Crippen LogP contribution in [0.2, 0.25) is 0 Å². The Morgan fingerprint density at radius 2 is 1.88 bits per heavy atom. The highest BCUT2D eigenvalue weighted by molar-refractivity contribution is 5.31. The van der Waals surface area contributed by atoms with Gasteiger partial charge < -0.3 is 9.84 Å². The molecule has 0 aromatic heterocycles. The summed E-state index contributed by atoms with van der Waals surface area (Å²) in [4.78, 5) is 0. The van der Waals surface area contributed by atoms with E-state index in [0.29, 0.717) is 12.1 Å². The minimum atomic E-state index is -4.72. The van der Waals surface area contributed by atoms with Gasteiger partial charge in [-0.2, -0.15) is 13.2 Å². The summed E-state index contributed by atoms with van der Waals surface area (Å²) < 4.78 is 54.6. The second-order valence-corrected chi connectivity index (χ2v) is 3.72. The van der Waals surface area contributed by atoms with E-state index in [9.17, 15) is 22.7 Å². The van der Waals surface area contributed by atoms with E-state index in [0.717, 1.165) is 6.07 Å². The van der Waals surface area contributed by atoms with Crippen molar-refractivity contribution in [3.8, 4) is 0 Å². The molecule has 1 saturated heterocycles. The van der Waals surface area contributed by atoms with Crippen LogP contribution in [0.15, 0.2) is 18.2 Å². The van der Waals surface area contributed by atoms with Crippen LogP contribution in [0.25, 0.3) is 0 Å². The fraction of sp³-hybridized carbons (Fsp3) is 0.400. The maximum absolute atomic E-state index is 13.2. The Bertz CT molecular complexity index is 410. The lowest BCUT2D eigenvalue weighted by Gasteiger charge is -2.36. The second kappa shape index (κ2) is 3.43. The monoisotopic (exact) mass is 236 g/mol. The fourth-order valence-electron chi connectivity index (χ4n) is 1.50. The number of rotatable bonds is 1. The van der Waals surface area contributed by atoms with Crippen LogP contribution in [0.4, 0.5) is 17.6 Å². The zero-order chi connectivity index (χ0) is 12.0. The van der Waals surface area contributed by atoms with Crippen molar-refractivity contribution >= 4 is 0 Å². The van der Waals surface area contributed by atoms with Gasteiger partial charge in [-0.05, 0) is 17.7 Å². The Balaban J connectivity index is 2.37. The molecule has 1 aliphatic heterocycles. The van der Waals surface area contributed by atoms with Gasteiger partial charge in [0.15, 0.2) is 0 Å². The first-order valence-corrected chi connectivity index (χ1v) is 4.50. The van der Waals surface area contributed by atoms with E-state index >= 15 is 0 Å². The molecule has 6 heteroatoms. The van der Waals surface area contributed by atoms with E-state index in [1.165, 1.54) is 0 Å². The number of hydrogen-bond donors (Lipinski definition) is 1. The summed E-state index contributed by atoms with van der Waals surface area (Å²) in [6.07, 6.45) is -4.72. The average molecular weight is 236 g/mol. The van der Waals surface area contributed by atoms with Crippen molar-refractivity contribution in [3.05, 3.63) is 35.1 Å². The highest BCUT2D eigenvalue weighted by Crippen LogP contribution is 2.35. The van der Waals surface area contributed by atoms with Crippen molar-refractivity contribution in [2.24, 2.45) is 0 Å². The Morgan fingerprint density at radius 1 is 1.25 bits per heavy atom. The number of aliphatic hydroxyl groups is 1. The van der Waals surface area contributed by atoms with E-state index < -0.39 is 23.2 Å². The lowest BCUT2D eigenvalue weighted by molar-refractivity contribution is -0.184. The zero-order valence-corrected chi connectivity index (χ0v) is 8.01. The minimum absolute atomic E-state index is 0.0300. The molecule has 1 aliphatic rings. The molecule has 2 nitrogen and oxygen atoms in total. The van der Waals surface area contributed by atoms with Gasteiger partial charge in [0.05, 0.1) is 18.8 Å². The van der Waals surface area contributed by atoms with Crippen LogP contribution in [0, 0.1) is 5.82 Å². The lowest BCUT2D eigenvalue weighted by atomic mass is 9.91. The summed E-state index contributed by atoms with van der Waals surface area (Å²) in [6, 6.07) is 2.39. The molecule has 0 atom stereocenters. The Hall–Kier alpha value is -1.14. The van der Waals surface area contributed by atoms with Crippen LogP contribution in [-0.2, 0) is 16.5 Å². The van der Waals surface area contributed by atoms with Crippen molar-refractivity contribution < 1.29 is 27.4 Å². The first-order valence-electron chi connectivity index (χ1n) is 4.50. The number of alkyl halides is 3. The third-order valence-electron chi connectivity index (χ3n) is 2.49. The van der Waals surface area contributed by atoms with E-state index in [4.69, 9.17) is 4.74 Å². The van der Waals surface area contributed by atoms with Gasteiger partial charge in [-0.1, -0.05) is 6.07 Å². The molecule has 0 bridgehead atoms. The fourth-order valence-corrected chi connectivity index (χ4v) is 1.50. The van der Waals surface area contributed by atoms with Crippen LogP contribution in [-0.4, -0.2) is 18.3 Å². The minimum Gasteiger partial charge on any atom is -0.380 e. The maximum Gasteiger partial charge on any atom is 0.419 e. The molecular formula is C10H8F4O2. The van der Waals surface area contributed by atoms with Crippen LogP contribution in [0.5, 0.6) is 0 Å². The van der Waals surface area contributed by atoms with Gasteiger partial charge in [0.2, 0.25) is 0 Å². The van der Waals surface area contributed by atoms with Crippen LogP contribution in [0.3, 0.4) is 0 Å². The average Bonchev–Trinajstić information content (AvgIpc) is 2.12. The molecule has 0 radical (unpaired) electrons. The molecule has 88 valence electrons. The number of hydrogen-bond acceptors (Lipinski definition) is 2. The van der Waals surface area contributed by atoms with E-state index in [1.807, 2.05) is 0 Å². The maximum atomic E-state index is 13.2. The molecular weight excluding hydrogens is 228 g/mol. The second-order valence-electron chi connectivity index (χ2n) is 3.72. The number of halogens is 4. The van der Waals surface area contributed by atoms with Gasteiger partial charge in [-0.3, -0.25) is 0 Å². The molecule has 1 fully saturated rings. The summed E-state index contributed by atoms with van der Waals surface area (Å²) in [5, 5.41) is 9.73. The van der Waals surface area contributed by atoms with Gasteiger partial charge in [-0.25, -0.2) is 4.39 Å². The third kappa shape index (κ3) is 1.78.